The summed E-state index contributed by atoms with van der Waals surface area (Å²) in [6, 6.07) is 25.3. The number of methoxy groups -OCH3 is 4. The smallest absolute Gasteiger partial charge is 0.127 e. The van der Waals surface area contributed by atoms with Crippen LogP contribution in [-0.4, -0.2) is 28.4 Å². The predicted molar refractivity (Wildman–Crippen MR) is 148 cm³/mol. The van der Waals surface area contributed by atoms with Crippen LogP contribution in [0, 0.1) is 45.3 Å². The number of ether oxygens (including phenoxy) is 4. The Hall–Kier alpha value is -5.96. The topological polar surface area (TPSA) is 132 Å². The van der Waals surface area contributed by atoms with E-state index in [0.29, 0.717) is 73.1 Å². The van der Waals surface area contributed by atoms with Crippen molar-refractivity contribution in [2.24, 2.45) is 0 Å². The first-order valence-corrected chi connectivity index (χ1v) is 11.9. The molecule has 4 rings (SSSR count). The summed E-state index contributed by atoms with van der Waals surface area (Å²) in [5, 5.41) is 39.4. The highest BCUT2D eigenvalue weighted by Crippen LogP contribution is 2.45. The SMILES string of the molecule is COc1ccc(OC)c(-c2cc(C#N)c(-c3cc(OC)c(-c4cc(C#N)ccc4C#N)cc3OC)cc2C#N)c1. The molecule has 4 aromatic rings. The molecule has 0 radical (unpaired) electrons. The minimum atomic E-state index is 0.288. The van der Waals surface area contributed by atoms with Gasteiger partial charge < -0.3 is 18.9 Å². The van der Waals surface area contributed by atoms with E-state index >= 15 is 0 Å². The van der Waals surface area contributed by atoms with Gasteiger partial charge in [-0.15, -0.1) is 0 Å². The number of hydrogen-bond acceptors (Lipinski definition) is 8. The summed E-state index contributed by atoms with van der Waals surface area (Å²) in [7, 11) is 6.04. The van der Waals surface area contributed by atoms with Gasteiger partial charge >= 0.3 is 0 Å². The van der Waals surface area contributed by atoms with Crippen molar-refractivity contribution < 1.29 is 18.9 Å². The zero-order valence-corrected chi connectivity index (χ0v) is 22.2. The first-order chi connectivity index (χ1) is 19.5. The third kappa shape index (κ3) is 4.82. The van der Waals surface area contributed by atoms with E-state index < -0.39 is 0 Å². The number of rotatable bonds is 7. The van der Waals surface area contributed by atoms with Crippen molar-refractivity contribution in [3.05, 3.63) is 82.9 Å². The second-order valence-corrected chi connectivity index (χ2v) is 8.47. The van der Waals surface area contributed by atoms with Crippen LogP contribution in [0.15, 0.2) is 60.7 Å². The minimum Gasteiger partial charge on any atom is -0.497 e. The molecule has 0 saturated carbocycles. The summed E-state index contributed by atoms with van der Waals surface area (Å²) < 4.78 is 22.3. The van der Waals surface area contributed by atoms with Gasteiger partial charge in [0.15, 0.2) is 0 Å². The molecule has 0 unspecified atom stereocenters. The first-order valence-electron chi connectivity index (χ1n) is 11.9. The highest BCUT2D eigenvalue weighted by Gasteiger charge is 2.22. The molecule has 0 amide bonds. The Morgan fingerprint density at radius 1 is 0.425 bits per heavy atom. The van der Waals surface area contributed by atoms with Gasteiger partial charge in [-0.3, -0.25) is 0 Å². The van der Waals surface area contributed by atoms with E-state index in [1.54, 1.807) is 67.8 Å². The maximum absolute atomic E-state index is 10.2. The molecule has 194 valence electrons. The fraction of sp³-hybridized carbons (Fsp3) is 0.125. The standard InChI is InChI=1S/C32H22N4O4/c1-37-23-7-8-30(38-2)27(12-23)25-10-22(18-36)26(11-21(25)17-35)29-14-31(39-3)28(13-32(29)40-4)24-9-19(15-33)5-6-20(24)16-34/h5-14H,1-4H3. The van der Waals surface area contributed by atoms with Crippen LogP contribution in [0.1, 0.15) is 22.3 Å². The molecule has 0 aliphatic carbocycles. The van der Waals surface area contributed by atoms with Gasteiger partial charge in [0, 0.05) is 33.4 Å². The van der Waals surface area contributed by atoms with Gasteiger partial charge in [0.05, 0.1) is 75.0 Å². The quantitative estimate of drug-likeness (QED) is 0.278. The van der Waals surface area contributed by atoms with Gasteiger partial charge in [0.25, 0.3) is 0 Å². The lowest BCUT2D eigenvalue weighted by atomic mass is 9.89. The van der Waals surface area contributed by atoms with E-state index in [0.717, 1.165) is 0 Å². The normalized spacial score (nSPS) is 9.90. The monoisotopic (exact) mass is 526 g/mol. The van der Waals surface area contributed by atoms with Crippen LogP contribution in [0.4, 0.5) is 0 Å². The van der Waals surface area contributed by atoms with Gasteiger partial charge in [0.2, 0.25) is 0 Å². The molecule has 0 bridgehead atoms. The molecule has 0 atom stereocenters. The molecule has 0 fully saturated rings. The van der Waals surface area contributed by atoms with E-state index in [2.05, 4.69) is 24.3 Å². The Labute approximate surface area is 232 Å². The molecule has 0 N–H and O–H groups in total. The lowest BCUT2D eigenvalue weighted by Gasteiger charge is -2.18. The summed E-state index contributed by atoms with van der Waals surface area (Å²) in [5.41, 5.74) is 4.44. The van der Waals surface area contributed by atoms with Crippen LogP contribution in [0.25, 0.3) is 33.4 Å². The average molecular weight is 527 g/mol. The highest BCUT2D eigenvalue weighted by atomic mass is 16.5. The van der Waals surface area contributed by atoms with Gasteiger partial charge in [-0.05, 0) is 60.7 Å². The van der Waals surface area contributed by atoms with E-state index in [9.17, 15) is 21.0 Å². The molecular weight excluding hydrogens is 504 g/mol. The van der Waals surface area contributed by atoms with Gasteiger partial charge in [-0.2, -0.15) is 21.0 Å². The minimum absolute atomic E-state index is 0.288. The number of nitriles is 4. The van der Waals surface area contributed by atoms with E-state index in [-0.39, 0.29) is 5.56 Å². The van der Waals surface area contributed by atoms with Crippen molar-refractivity contribution in [2.75, 3.05) is 28.4 Å². The molecule has 0 aliphatic heterocycles. The summed E-state index contributed by atoms with van der Waals surface area (Å²) in [5.74, 6) is 1.87. The Balaban J connectivity index is 2.00. The van der Waals surface area contributed by atoms with Crippen molar-refractivity contribution in [3.8, 4) is 80.7 Å². The van der Waals surface area contributed by atoms with Crippen LogP contribution < -0.4 is 18.9 Å². The number of benzene rings is 4. The third-order valence-corrected chi connectivity index (χ3v) is 6.47. The Morgan fingerprint density at radius 2 is 0.925 bits per heavy atom. The van der Waals surface area contributed by atoms with Crippen molar-refractivity contribution in [1.82, 2.24) is 0 Å². The van der Waals surface area contributed by atoms with E-state index in [4.69, 9.17) is 18.9 Å². The Morgan fingerprint density at radius 3 is 1.38 bits per heavy atom. The summed E-state index contributed by atoms with van der Waals surface area (Å²) in [6.45, 7) is 0. The molecule has 0 saturated heterocycles. The van der Waals surface area contributed by atoms with Gasteiger partial charge in [-0.25, -0.2) is 0 Å². The van der Waals surface area contributed by atoms with Crippen molar-refractivity contribution in [1.29, 1.82) is 21.0 Å². The predicted octanol–water partition coefficient (Wildman–Crippen LogP) is 6.21. The molecular formula is C32H22N4O4. The molecule has 0 spiro atoms. The van der Waals surface area contributed by atoms with Crippen LogP contribution in [0.2, 0.25) is 0 Å². The molecule has 0 aliphatic rings. The van der Waals surface area contributed by atoms with Crippen molar-refractivity contribution in [2.45, 2.75) is 0 Å². The van der Waals surface area contributed by atoms with Crippen LogP contribution in [0.3, 0.4) is 0 Å². The number of nitrogens with zero attached hydrogens (tertiary/aromatic N) is 4. The van der Waals surface area contributed by atoms with Gasteiger partial charge in [-0.1, -0.05) is 0 Å². The Kier molecular flexibility index (Phi) is 7.86. The van der Waals surface area contributed by atoms with Crippen LogP contribution in [-0.2, 0) is 0 Å². The first kappa shape index (κ1) is 27.1. The highest BCUT2D eigenvalue weighted by molar-refractivity contribution is 5.88. The summed E-state index contributed by atoms with van der Waals surface area (Å²) in [4.78, 5) is 0. The molecule has 8 heteroatoms. The largest absolute Gasteiger partial charge is 0.497 e. The molecule has 4 aromatic carbocycles. The fourth-order valence-electron chi connectivity index (χ4n) is 4.51. The maximum atomic E-state index is 10.2. The van der Waals surface area contributed by atoms with Gasteiger partial charge in [0.1, 0.15) is 23.0 Å². The van der Waals surface area contributed by atoms with Crippen LogP contribution in [0.5, 0.6) is 23.0 Å². The maximum Gasteiger partial charge on any atom is 0.127 e. The molecule has 8 nitrogen and oxygen atoms in total. The Bertz CT molecular complexity index is 1800. The molecule has 0 aromatic heterocycles. The fourth-order valence-corrected chi connectivity index (χ4v) is 4.51. The van der Waals surface area contributed by atoms with Crippen LogP contribution >= 0.6 is 0 Å². The second kappa shape index (κ2) is 11.6. The zero-order valence-electron chi connectivity index (χ0n) is 22.2. The second-order valence-electron chi connectivity index (χ2n) is 8.47. The third-order valence-electron chi connectivity index (χ3n) is 6.47. The molecule has 40 heavy (non-hydrogen) atoms. The molecule has 0 heterocycles. The van der Waals surface area contributed by atoms with E-state index in [1.165, 1.54) is 21.3 Å². The summed E-state index contributed by atoms with van der Waals surface area (Å²) in [6.07, 6.45) is 0. The summed E-state index contributed by atoms with van der Waals surface area (Å²) >= 11 is 0. The average Bonchev–Trinajstić information content (AvgIpc) is 3.02. The number of hydrogen-bond donors (Lipinski definition) is 0. The van der Waals surface area contributed by atoms with E-state index in [1.807, 2.05) is 0 Å². The lowest BCUT2D eigenvalue weighted by molar-refractivity contribution is 0.404. The van der Waals surface area contributed by atoms with Crippen molar-refractivity contribution >= 4 is 0 Å². The lowest BCUT2D eigenvalue weighted by Crippen LogP contribution is -1.99. The zero-order chi connectivity index (χ0) is 28.8. The van der Waals surface area contributed by atoms with Crippen molar-refractivity contribution in [3.63, 3.8) is 0 Å².